The molecule has 0 rings (SSSR count). The van der Waals surface area contributed by atoms with Gasteiger partial charge >= 0.3 is 0 Å². The molecule has 0 unspecified atom stereocenters. The van der Waals surface area contributed by atoms with Crippen molar-refractivity contribution in [3.63, 3.8) is 0 Å². The van der Waals surface area contributed by atoms with Gasteiger partial charge in [0, 0.05) is 7.11 Å². The quantitative estimate of drug-likeness (QED) is 0.353. The Kier molecular flexibility index (Phi) is 2.97. The molecule has 0 spiro atoms. The van der Waals surface area contributed by atoms with Gasteiger partial charge < -0.3 is 16.2 Å². The molecule has 0 heterocycles. The van der Waals surface area contributed by atoms with Crippen LogP contribution in [0, 0.1) is 0 Å². The lowest BCUT2D eigenvalue weighted by Gasteiger charge is -2.31. The highest BCUT2D eigenvalue weighted by molar-refractivity contribution is 8.02. The topological polar surface area (TPSA) is 78.3 Å². The Balaban J connectivity index is 4.25. The highest BCUT2D eigenvalue weighted by atomic mass is 32.2. The van der Waals surface area contributed by atoms with Gasteiger partial charge in [-0.05, 0) is 12.5 Å². The summed E-state index contributed by atoms with van der Waals surface area (Å²) in [6, 6.07) is 0. The van der Waals surface area contributed by atoms with E-state index >= 15 is 0 Å². The molecule has 0 amide bonds. The molecule has 0 saturated heterocycles. The number of hydrogen-bond donors (Lipinski definition) is 3. The van der Waals surface area contributed by atoms with Gasteiger partial charge in [0.2, 0.25) is 0 Å². The minimum Gasteiger partial charge on any atom is -0.380 e. The maximum Gasteiger partial charge on any atom is 0.143 e. The van der Waals surface area contributed by atoms with Crippen molar-refractivity contribution in [1.29, 1.82) is 0 Å². The lowest BCUT2D eigenvalue weighted by Crippen LogP contribution is -2.61. The highest BCUT2D eigenvalue weighted by Crippen LogP contribution is 2.07. The third-order valence-electron chi connectivity index (χ3n) is 1.38. The molecule has 0 aromatic carbocycles. The molecule has 5 heteroatoms. The average molecular weight is 168 g/mol. The van der Waals surface area contributed by atoms with Crippen molar-refractivity contribution in [2.45, 2.75) is 4.99 Å². The molecule has 0 aliphatic heterocycles. The fourth-order valence-corrected chi connectivity index (χ4v) is 0.827. The van der Waals surface area contributed by atoms with Crippen molar-refractivity contribution in [3.05, 3.63) is 0 Å². The molecule has 0 fully saturated rings. The van der Waals surface area contributed by atoms with Gasteiger partial charge in [-0.2, -0.15) is 0 Å². The predicted octanol–water partition coefficient (Wildman–Crippen LogP) is -1.52. The van der Waals surface area contributed by atoms with E-state index in [1.807, 2.05) is 0 Å². The zero-order valence-corrected chi connectivity index (χ0v) is 7.52. The first-order valence-electron chi connectivity index (χ1n) is 2.93. The summed E-state index contributed by atoms with van der Waals surface area (Å²) < 4.78 is 16.0. The van der Waals surface area contributed by atoms with Crippen LogP contribution in [0.2, 0.25) is 0 Å². The summed E-state index contributed by atoms with van der Waals surface area (Å²) in [5.74, 6) is 0. The number of hydrogen-bond acceptors (Lipinski definition) is 4. The van der Waals surface area contributed by atoms with Crippen molar-refractivity contribution >= 4 is 9.93 Å². The van der Waals surface area contributed by atoms with Crippen molar-refractivity contribution in [2.75, 3.05) is 26.2 Å². The first kappa shape index (κ1) is 10.0. The Morgan fingerprint density at radius 1 is 1.50 bits per heavy atom. The van der Waals surface area contributed by atoms with Gasteiger partial charge in [-0.15, -0.1) is 0 Å². The molecule has 0 atom stereocenters. The maximum absolute atomic E-state index is 11.3. The standard InChI is InChI=1S/C5H16N2O2S/c1-9-4-5(6,7)10(2,3)8/h10H,4,6-7H2,1-3H3. The third kappa shape index (κ3) is 2.34. The van der Waals surface area contributed by atoms with Crippen LogP contribution in [-0.2, 0) is 14.7 Å². The molecule has 64 valence electrons. The van der Waals surface area contributed by atoms with Crippen LogP contribution in [-0.4, -0.2) is 35.4 Å². The van der Waals surface area contributed by atoms with E-state index in [4.69, 9.17) is 16.2 Å². The van der Waals surface area contributed by atoms with Gasteiger partial charge in [0.05, 0.1) is 6.61 Å². The van der Waals surface area contributed by atoms with E-state index in [-0.39, 0.29) is 6.61 Å². The summed E-state index contributed by atoms with van der Waals surface area (Å²) >= 11 is 0. The van der Waals surface area contributed by atoms with Crippen LogP contribution in [0.3, 0.4) is 0 Å². The number of thiol groups is 1. The largest absolute Gasteiger partial charge is 0.380 e. The van der Waals surface area contributed by atoms with E-state index < -0.39 is 14.9 Å². The number of ether oxygens (including phenoxy) is 1. The van der Waals surface area contributed by atoms with Crippen LogP contribution >= 0.6 is 0 Å². The highest BCUT2D eigenvalue weighted by Gasteiger charge is 2.28. The Hall–Kier alpha value is 0.0300. The van der Waals surface area contributed by atoms with E-state index in [1.165, 1.54) is 7.11 Å². The smallest absolute Gasteiger partial charge is 0.143 e. The minimum absolute atomic E-state index is 0.122. The van der Waals surface area contributed by atoms with E-state index in [2.05, 4.69) is 0 Å². The zero-order valence-electron chi connectivity index (χ0n) is 6.63. The van der Waals surface area contributed by atoms with Crippen molar-refractivity contribution in [2.24, 2.45) is 11.5 Å². The van der Waals surface area contributed by atoms with Gasteiger partial charge in [-0.1, -0.05) is 9.93 Å². The van der Waals surface area contributed by atoms with Crippen LogP contribution in [0.4, 0.5) is 0 Å². The summed E-state index contributed by atoms with van der Waals surface area (Å²) in [6.45, 7) is 0.122. The van der Waals surface area contributed by atoms with Crippen LogP contribution < -0.4 is 11.5 Å². The van der Waals surface area contributed by atoms with Gasteiger partial charge in [0.1, 0.15) is 4.99 Å². The molecule has 0 aromatic rings. The molecule has 0 radical (unpaired) electrons. The molecular formula is C5H16N2O2S. The summed E-state index contributed by atoms with van der Waals surface area (Å²) in [6.07, 6.45) is 3.10. The second kappa shape index (κ2) is 2.96. The minimum atomic E-state index is -2.45. The number of rotatable bonds is 3. The lowest BCUT2D eigenvalue weighted by molar-refractivity contribution is 0.168. The monoisotopic (exact) mass is 168 g/mol. The Bertz CT molecular complexity index is 152. The van der Waals surface area contributed by atoms with E-state index in [1.54, 1.807) is 12.5 Å². The van der Waals surface area contributed by atoms with Crippen molar-refractivity contribution in [1.82, 2.24) is 0 Å². The van der Waals surface area contributed by atoms with E-state index in [0.717, 1.165) is 0 Å². The molecule has 0 aromatic heterocycles. The van der Waals surface area contributed by atoms with Gasteiger partial charge in [0.25, 0.3) is 0 Å². The molecule has 0 saturated carbocycles. The molecule has 0 bridgehead atoms. The Morgan fingerprint density at radius 2 is 1.90 bits per heavy atom. The second-order valence-corrected chi connectivity index (χ2v) is 6.31. The predicted molar refractivity (Wildman–Crippen MR) is 44.4 cm³/mol. The fourth-order valence-electron chi connectivity index (χ4n) is 0.387. The van der Waals surface area contributed by atoms with Crippen LogP contribution in [0.15, 0.2) is 0 Å². The van der Waals surface area contributed by atoms with Crippen LogP contribution in [0.1, 0.15) is 0 Å². The van der Waals surface area contributed by atoms with E-state index in [9.17, 15) is 4.21 Å². The molecule has 4 nitrogen and oxygen atoms in total. The summed E-state index contributed by atoms with van der Waals surface area (Å²) in [4.78, 5) is -1.18. The Morgan fingerprint density at radius 3 is 2.00 bits per heavy atom. The average Bonchev–Trinajstić information content (AvgIpc) is 1.61. The van der Waals surface area contributed by atoms with Gasteiger partial charge in [0.15, 0.2) is 0 Å². The van der Waals surface area contributed by atoms with Crippen LogP contribution in [0.5, 0.6) is 0 Å². The molecule has 4 N–H and O–H groups in total. The fraction of sp³-hybridized carbons (Fsp3) is 1.00. The summed E-state index contributed by atoms with van der Waals surface area (Å²) in [5, 5.41) is 0. The normalized spacial score (nSPS) is 15.3. The molecule has 10 heavy (non-hydrogen) atoms. The van der Waals surface area contributed by atoms with Gasteiger partial charge in [-0.25, -0.2) is 0 Å². The number of methoxy groups -OCH3 is 1. The first-order valence-corrected chi connectivity index (χ1v) is 5.53. The molecule has 0 aliphatic rings. The third-order valence-corrected chi connectivity index (χ3v) is 3.51. The molecule has 0 aliphatic carbocycles. The second-order valence-electron chi connectivity index (χ2n) is 2.78. The van der Waals surface area contributed by atoms with Crippen molar-refractivity contribution < 1.29 is 8.95 Å². The maximum atomic E-state index is 11.3. The summed E-state index contributed by atoms with van der Waals surface area (Å²) in [7, 11) is -0.978. The number of nitrogens with two attached hydrogens (primary N) is 2. The van der Waals surface area contributed by atoms with Gasteiger partial charge in [-0.3, -0.25) is 4.21 Å². The van der Waals surface area contributed by atoms with Crippen molar-refractivity contribution in [3.8, 4) is 0 Å². The first-order chi connectivity index (χ1) is 4.31. The zero-order chi connectivity index (χ0) is 8.41. The Labute approximate surface area is 62.3 Å². The summed E-state index contributed by atoms with van der Waals surface area (Å²) in [5.41, 5.74) is 11.0. The SMILES string of the molecule is COCC(N)(N)[SH](C)(C)=O. The lowest BCUT2D eigenvalue weighted by atomic mass is 10.6. The van der Waals surface area contributed by atoms with E-state index in [0.29, 0.717) is 0 Å². The molecular weight excluding hydrogens is 152 g/mol. The van der Waals surface area contributed by atoms with Crippen LogP contribution in [0.25, 0.3) is 0 Å².